The van der Waals surface area contributed by atoms with E-state index in [1.807, 2.05) is 36.4 Å². The molecule has 0 spiro atoms. The Kier molecular flexibility index (Phi) is 4.61. The molecule has 0 aliphatic carbocycles. The number of amides is 2. The van der Waals surface area contributed by atoms with E-state index in [9.17, 15) is 9.59 Å². The van der Waals surface area contributed by atoms with Crippen molar-refractivity contribution in [3.05, 3.63) is 53.2 Å². The number of carbonyl (C=O) groups is 2. The fraction of sp³-hybridized carbons (Fsp3) is 0.263. The molecule has 6 heteroatoms. The lowest BCUT2D eigenvalue weighted by Crippen LogP contribution is -2.45. The average molecular weight is 340 g/mol. The molecule has 0 aromatic heterocycles. The van der Waals surface area contributed by atoms with Gasteiger partial charge in [-0.25, -0.2) is 9.59 Å². The summed E-state index contributed by atoms with van der Waals surface area (Å²) in [7, 11) is 1.62. The van der Waals surface area contributed by atoms with E-state index < -0.39 is 12.0 Å². The molecule has 2 aromatic carbocycles. The van der Waals surface area contributed by atoms with Crippen LogP contribution in [0.4, 0.5) is 4.79 Å². The third kappa shape index (κ3) is 3.28. The normalized spacial score (nSPS) is 17.1. The van der Waals surface area contributed by atoms with Gasteiger partial charge in [0, 0.05) is 5.70 Å². The maximum absolute atomic E-state index is 12.4. The van der Waals surface area contributed by atoms with Crippen molar-refractivity contribution in [2.75, 3.05) is 13.7 Å². The van der Waals surface area contributed by atoms with E-state index in [4.69, 9.17) is 9.47 Å². The number of methoxy groups -OCH3 is 1. The van der Waals surface area contributed by atoms with Gasteiger partial charge in [-0.15, -0.1) is 0 Å². The molecule has 1 aliphatic rings. The summed E-state index contributed by atoms with van der Waals surface area (Å²) in [6.07, 6.45) is 0. The van der Waals surface area contributed by atoms with Crippen LogP contribution in [0, 0.1) is 0 Å². The summed E-state index contributed by atoms with van der Waals surface area (Å²) in [6, 6.07) is 10.7. The van der Waals surface area contributed by atoms with Gasteiger partial charge in [0.1, 0.15) is 5.75 Å². The van der Waals surface area contributed by atoms with Crippen LogP contribution < -0.4 is 15.4 Å². The minimum atomic E-state index is -0.556. The highest BCUT2D eigenvalue weighted by molar-refractivity contribution is 5.95. The zero-order valence-corrected chi connectivity index (χ0v) is 14.4. The van der Waals surface area contributed by atoms with Gasteiger partial charge in [0.15, 0.2) is 0 Å². The average Bonchev–Trinajstić information content (AvgIpc) is 2.60. The van der Waals surface area contributed by atoms with Crippen LogP contribution >= 0.6 is 0 Å². The number of rotatable bonds is 4. The van der Waals surface area contributed by atoms with Crippen LogP contribution in [-0.2, 0) is 9.53 Å². The van der Waals surface area contributed by atoms with Crippen molar-refractivity contribution >= 4 is 22.8 Å². The van der Waals surface area contributed by atoms with Crippen LogP contribution in [0.1, 0.15) is 25.5 Å². The molecule has 6 nitrogen and oxygen atoms in total. The van der Waals surface area contributed by atoms with E-state index in [0.717, 1.165) is 22.1 Å². The SMILES string of the molecule is CCOC(=O)C1=C(C)NC(=O)N[C@H]1c1ccc2cc(OC)ccc2c1. The van der Waals surface area contributed by atoms with Crippen molar-refractivity contribution in [1.29, 1.82) is 0 Å². The lowest BCUT2D eigenvalue weighted by molar-refractivity contribution is -0.139. The molecular weight excluding hydrogens is 320 g/mol. The third-order valence-electron chi connectivity index (χ3n) is 4.17. The molecule has 25 heavy (non-hydrogen) atoms. The minimum absolute atomic E-state index is 0.272. The quantitative estimate of drug-likeness (QED) is 0.839. The summed E-state index contributed by atoms with van der Waals surface area (Å²) in [6.45, 7) is 3.72. The van der Waals surface area contributed by atoms with E-state index >= 15 is 0 Å². The first kappa shape index (κ1) is 16.8. The molecule has 0 unspecified atom stereocenters. The van der Waals surface area contributed by atoms with Gasteiger partial charge in [0.05, 0.1) is 25.3 Å². The van der Waals surface area contributed by atoms with E-state index in [1.54, 1.807) is 21.0 Å². The predicted octanol–water partition coefficient (Wildman–Crippen LogP) is 3.04. The summed E-state index contributed by atoms with van der Waals surface area (Å²) in [5.74, 6) is 0.339. The van der Waals surface area contributed by atoms with Crippen LogP contribution in [-0.4, -0.2) is 25.7 Å². The summed E-state index contributed by atoms with van der Waals surface area (Å²) in [4.78, 5) is 24.3. The van der Waals surface area contributed by atoms with Gasteiger partial charge in [0.25, 0.3) is 0 Å². The zero-order chi connectivity index (χ0) is 18.0. The Morgan fingerprint density at radius 1 is 1.16 bits per heavy atom. The molecule has 0 saturated heterocycles. The van der Waals surface area contributed by atoms with Gasteiger partial charge >= 0.3 is 12.0 Å². The number of fused-ring (bicyclic) bond motifs is 1. The van der Waals surface area contributed by atoms with E-state index in [2.05, 4.69) is 10.6 Å². The predicted molar refractivity (Wildman–Crippen MR) is 94.2 cm³/mol. The summed E-state index contributed by atoms with van der Waals surface area (Å²) < 4.78 is 10.4. The Bertz CT molecular complexity index is 873. The Labute approximate surface area is 145 Å². The molecule has 0 radical (unpaired) electrons. The van der Waals surface area contributed by atoms with Crippen LogP contribution in [0.15, 0.2) is 47.7 Å². The topological polar surface area (TPSA) is 76.7 Å². The van der Waals surface area contributed by atoms with Gasteiger partial charge < -0.3 is 20.1 Å². The highest BCUT2D eigenvalue weighted by Crippen LogP contribution is 2.30. The molecule has 1 aliphatic heterocycles. The van der Waals surface area contributed by atoms with Crippen molar-refractivity contribution in [1.82, 2.24) is 10.6 Å². The van der Waals surface area contributed by atoms with Gasteiger partial charge in [-0.05, 0) is 48.4 Å². The van der Waals surface area contributed by atoms with Crippen molar-refractivity contribution < 1.29 is 19.1 Å². The second-order valence-corrected chi connectivity index (χ2v) is 5.76. The monoisotopic (exact) mass is 340 g/mol. The number of benzene rings is 2. The van der Waals surface area contributed by atoms with Crippen molar-refractivity contribution in [2.45, 2.75) is 19.9 Å². The first-order valence-electron chi connectivity index (χ1n) is 8.06. The maximum atomic E-state index is 12.4. The van der Waals surface area contributed by atoms with Gasteiger partial charge in [-0.3, -0.25) is 0 Å². The minimum Gasteiger partial charge on any atom is -0.497 e. The molecule has 3 rings (SSSR count). The van der Waals surface area contributed by atoms with Crippen molar-refractivity contribution in [2.24, 2.45) is 0 Å². The van der Waals surface area contributed by atoms with Gasteiger partial charge in [-0.1, -0.05) is 18.2 Å². The molecule has 0 bridgehead atoms. The number of hydrogen-bond donors (Lipinski definition) is 2. The summed E-state index contributed by atoms with van der Waals surface area (Å²) in [5, 5.41) is 7.45. The van der Waals surface area contributed by atoms with Crippen LogP contribution in [0.25, 0.3) is 10.8 Å². The molecular formula is C19H20N2O4. The first-order valence-corrected chi connectivity index (χ1v) is 8.06. The Morgan fingerprint density at radius 3 is 2.60 bits per heavy atom. The molecule has 2 amide bonds. The molecule has 130 valence electrons. The molecule has 0 saturated carbocycles. The zero-order valence-electron chi connectivity index (χ0n) is 14.4. The lowest BCUT2D eigenvalue weighted by Gasteiger charge is -2.28. The highest BCUT2D eigenvalue weighted by Gasteiger charge is 2.32. The van der Waals surface area contributed by atoms with Crippen molar-refractivity contribution in [3.8, 4) is 5.75 Å². The highest BCUT2D eigenvalue weighted by atomic mass is 16.5. The molecule has 1 atom stereocenters. The fourth-order valence-corrected chi connectivity index (χ4v) is 2.97. The second kappa shape index (κ2) is 6.84. The first-order chi connectivity index (χ1) is 12.0. The lowest BCUT2D eigenvalue weighted by atomic mass is 9.93. The summed E-state index contributed by atoms with van der Waals surface area (Å²) in [5.41, 5.74) is 1.73. The number of carbonyl (C=O) groups excluding carboxylic acids is 2. The maximum Gasteiger partial charge on any atom is 0.338 e. The number of esters is 1. The molecule has 1 heterocycles. The number of urea groups is 1. The number of allylic oxidation sites excluding steroid dienone is 1. The standard InChI is InChI=1S/C19H20N2O4/c1-4-25-18(22)16-11(2)20-19(23)21-17(16)14-6-5-13-10-15(24-3)8-7-12(13)9-14/h5-10,17H,4H2,1-3H3,(H2,20,21,23)/t17-/m0/s1. The molecule has 2 aromatic rings. The van der Waals surface area contributed by atoms with Gasteiger partial charge in [0.2, 0.25) is 0 Å². The largest absolute Gasteiger partial charge is 0.497 e. The molecule has 2 N–H and O–H groups in total. The second-order valence-electron chi connectivity index (χ2n) is 5.76. The smallest absolute Gasteiger partial charge is 0.338 e. The fourth-order valence-electron chi connectivity index (χ4n) is 2.97. The van der Waals surface area contributed by atoms with E-state index in [-0.39, 0.29) is 12.6 Å². The van der Waals surface area contributed by atoms with Crippen molar-refractivity contribution in [3.63, 3.8) is 0 Å². The van der Waals surface area contributed by atoms with E-state index in [1.165, 1.54) is 0 Å². The molecule has 0 fully saturated rings. The van der Waals surface area contributed by atoms with Crippen LogP contribution in [0.2, 0.25) is 0 Å². The number of hydrogen-bond acceptors (Lipinski definition) is 4. The number of ether oxygens (including phenoxy) is 2. The van der Waals surface area contributed by atoms with Crippen LogP contribution in [0.5, 0.6) is 5.75 Å². The summed E-state index contributed by atoms with van der Waals surface area (Å²) >= 11 is 0. The Morgan fingerprint density at radius 2 is 1.88 bits per heavy atom. The Balaban J connectivity index is 2.05. The van der Waals surface area contributed by atoms with Gasteiger partial charge in [-0.2, -0.15) is 0 Å². The third-order valence-corrected chi connectivity index (χ3v) is 4.17. The van der Waals surface area contributed by atoms with Crippen LogP contribution in [0.3, 0.4) is 0 Å². The number of nitrogens with one attached hydrogen (secondary N) is 2. The van der Waals surface area contributed by atoms with E-state index in [0.29, 0.717) is 11.3 Å². The Hall–Kier alpha value is -3.02.